The number of amides is 1. The fourth-order valence-electron chi connectivity index (χ4n) is 3.40. The number of furan rings is 1. The molecule has 0 N–H and O–H groups in total. The summed E-state index contributed by atoms with van der Waals surface area (Å²) in [5, 5.41) is 0.644. The molecule has 1 fully saturated rings. The van der Waals surface area contributed by atoms with Crippen LogP contribution in [0.2, 0.25) is 0 Å². The Hall–Kier alpha value is -3.58. The van der Waals surface area contributed by atoms with E-state index < -0.39 is 0 Å². The molecule has 3 aromatic rings. The minimum Gasteiger partial charge on any atom is -0.459 e. The molecule has 2 heterocycles. The molecule has 1 aliphatic heterocycles. The van der Waals surface area contributed by atoms with E-state index in [2.05, 4.69) is 4.99 Å². The van der Waals surface area contributed by atoms with E-state index in [-0.39, 0.29) is 18.0 Å². The van der Waals surface area contributed by atoms with Crippen LogP contribution in [0.4, 0.5) is 5.69 Å². The number of aryl methyl sites for hydroxylation is 1. The summed E-state index contributed by atoms with van der Waals surface area (Å²) in [6.07, 6.45) is 1.54. The van der Waals surface area contributed by atoms with E-state index in [0.717, 1.165) is 16.8 Å². The Morgan fingerprint density at radius 2 is 1.91 bits per heavy atom. The van der Waals surface area contributed by atoms with Gasteiger partial charge in [-0.25, -0.2) is 9.79 Å². The lowest BCUT2D eigenvalue weighted by Crippen LogP contribution is -2.28. The van der Waals surface area contributed by atoms with Crippen molar-refractivity contribution < 1.29 is 18.7 Å². The minimum atomic E-state index is -0.376. The van der Waals surface area contributed by atoms with Crippen molar-refractivity contribution >= 4 is 40.6 Å². The van der Waals surface area contributed by atoms with Crippen LogP contribution in [0.5, 0.6) is 0 Å². The third-order valence-corrected chi connectivity index (χ3v) is 6.10. The van der Waals surface area contributed by atoms with Gasteiger partial charge >= 0.3 is 5.97 Å². The molecular weight excluding hydrogens is 448 g/mol. The quantitative estimate of drug-likeness (QED) is 0.303. The van der Waals surface area contributed by atoms with Crippen LogP contribution in [0.1, 0.15) is 42.5 Å². The maximum absolute atomic E-state index is 12.9. The van der Waals surface area contributed by atoms with Crippen molar-refractivity contribution in [1.82, 2.24) is 4.90 Å². The van der Waals surface area contributed by atoms with Gasteiger partial charge in [-0.3, -0.25) is 9.69 Å². The fraction of sp³-hybridized carbons (Fsp3) is 0.222. The highest BCUT2D eigenvalue weighted by Gasteiger charge is 2.32. The van der Waals surface area contributed by atoms with E-state index in [9.17, 15) is 9.59 Å². The minimum absolute atomic E-state index is 0.102. The number of carbonyl (C=O) groups excluding carboxylic acids is 2. The van der Waals surface area contributed by atoms with Gasteiger partial charge in [-0.1, -0.05) is 29.8 Å². The van der Waals surface area contributed by atoms with E-state index in [1.807, 2.05) is 64.1 Å². The summed E-state index contributed by atoms with van der Waals surface area (Å²) in [5.41, 5.74) is 3.17. The zero-order chi connectivity index (χ0) is 24.2. The first-order chi connectivity index (χ1) is 16.3. The molecular formula is C27H26N2O4S. The monoisotopic (exact) mass is 474 g/mol. The molecule has 1 saturated heterocycles. The molecule has 4 rings (SSSR count). The molecule has 0 spiro atoms. The summed E-state index contributed by atoms with van der Waals surface area (Å²) in [5.74, 6) is 0.671. The highest BCUT2D eigenvalue weighted by atomic mass is 32.2. The summed E-state index contributed by atoms with van der Waals surface area (Å²) in [6, 6.07) is 18.6. The first-order valence-corrected chi connectivity index (χ1v) is 11.9. The Labute approximate surface area is 203 Å². The van der Waals surface area contributed by atoms with Crippen molar-refractivity contribution in [3.8, 4) is 11.3 Å². The van der Waals surface area contributed by atoms with E-state index in [1.54, 1.807) is 35.2 Å². The van der Waals surface area contributed by atoms with Crippen molar-refractivity contribution in [2.24, 2.45) is 4.99 Å². The molecule has 1 aliphatic rings. The predicted molar refractivity (Wildman–Crippen MR) is 136 cm³/mol. The van der Waals surface area contributed by atoms with Gasteiger partial charge in [0.05, 0.1) is 22.3 Å². The van der Waals surface area contributed by atoms with Gasteiger partial charge in [0, 0.05) is 18.2 Å². The van der Waals surface area contributed by atoms with Gasteiger partial charge in [-0.2, -0.15) is 0 Å². The topological polar surface area (TPSA) is 72.1 Å². The van der Waals surface area contributed by atoms with Crippen LogP contribution in [-0.2, 0) is 9.53 Å². The highest BCUT2D eigenvalue weighted by Crippen LogP contribution is 2.35. The van der Waals surface area contributed by atoms with Gasteiger partial charge in [0.1, 0.15) is 11.5 Å². The number of likely N-dealkylation sites (N-methyl/N-ethyl adjacent to an activating group) is 1. The van der Waals surface area contributed by atoms with Crippen LogP contribution >= 0.6 is 11.8 Å². The number of rotatable bonds is 6. The Morgan fingerprint density at radius 1 is 1.15 bits per heavy atom. The van der Waals surface area contributed by atoms with E-state index in [0.29, 0.717) is 33.7 Å². The molecule has 0 aliphatic carbocycles. The van der Waals surface area contributed by atoms with Gasteiger partial charge < -0.3 is 9.15 Å². The first kappa shape index (κ1) is 23.6. The number of ether oxygens (including phenoxy) is 1. The number of aliphatic imine (C=N–C) groups is 1. The SMILES string of the molecule is CCN1C(=O)/C(=C\c2ccc(-c3cccc(C(=O)OC(C)C)c3)o2)SC1=Nc1ccc(C)cc1. The van der Waals surface area contributed by atoms with Crippen LogP contribution in [-0.4, -0.2) is 34.6 Å². The average Bonchev–Trinajstić information content (AvgIpc) is 3.39. The van der Waals surface area contributed by atoms with E-state index >= 15 is 0 Å². The first-order valence-electron chi connectivity index (χ1n) is 11.1. The third kappa shape index (κ3) is 5.31. The molecule has 6 nitrogen and oxygen atoms in total. The summed E-state index contributed by atoms with van der Waals surface area (Å²) in [4.78, 5) is 32.0. The molecule has 7 heteroatoms. The Balaban J connectivity index is 1.57. The van der Waals surface area contributed by atoms with Crippen molar-refractivity contribution in [3.63, 3.8) is 0 Å². The van der Waals surface area contributed by atoms with Crippen LogP contribution in [0.3, 0.4) is 0 Å². The van der Waals surface area contributed by atoms with Gasteiger partial charge in [0.15, 0.2) is 5.17 Å². The Bertz CT molecular complexity index is 1270. The smallest absolute Gasteiger partial charge is 0.338 e. The van der Waals surface area contributed by atoms with Crippen molar-refractivity contribution in [2.45, 2.75) is 33.8 Å². The summed E-state index contributed by atoms with van der Waals surface area (Å²) in [6.45, 7) is 8.10. The molecule has 0 unspecified atom stereocenters. The summed E-state index contributed by atoms with van der Waals surface area (Å²) >= 11 is 1.33. The zero-order valence-corrected chi connectivity index (χ0v) is 20.4. The average molecular weight is 475 g/mol. The highest BCUT2D eigenvalue weighted by molar-refractivity contribution is 8.18. The molecule has 1 aromatic heterocycles. The zero-order valence-electron chi connectivity index (χ0n) is 19.6. The Morgan fingerprint density at radius 3 is 2.62 bits per heavy atom. The van der Waals surface area contributed by atoms with Crippen LogP contribution in [0.25, 0.3) is 17.4 Å². The maximum Gasteiger partial charge on any atom is 0.338 e. The lowest BCUT2D eigenvalue weighted by atomic mass is 10.1. The number of carbonyl (C=O) groups is 2. The van der Waals surface area contributed by atoms with Crippen molar-refractivity contribution in [1.29, 1.82) is 0 Å². The number of hydrogen-bond acceptors (Lipinski definition) is 6. The number of nitrogens with zero attached hydrogens (tertiary/aromatic N) is 2. The standard InChI is InChI=1S/C27H26N2O4S/c1-5-29-25(30)24(34-27(29)28-21-11-9-18(4)10-12-21)16-22-13-14-23(33-22)19-7-6-8-20(15-19)26(31)32-17(2)3/h6-17H,5H2,1-4H3/b24-16+,28-27?. The number of benzene rings is 2. The molecule has 34 heavy (non-hydrogen) atoms. The number of esters is 1. The van der Waals surface area contributed by atoms with Crippen LogP contribution in [0.15, 0.2) is 75.0 Å². The molecule has 174 valence electrons. The van der Waals surface area contributed by atoms with Crippen molar-refractivity contribution in [2.75, 3.05) is 6.54 Å². The van der Waals surface area contributed by atoms with Gasteiger partial charge in [0.2, 0.25) is 0 Å². The number of amidine groups is 1. The van der Waals surface area contributed by atoms with Crippen LogP contribution in [0, 0.1) is 6.92 Å². The molecule has 0 saturated carbocycles. The predicted octanol–water partition coefficient (Wildman–Crippen LogP) is 6.44. The fourth-order valence-corrected chi connectivity index (χ4v) is 4.44. The van der Waals surface area contributed by atoms with Crippen LogP contribution < -0.4 is 0 Å². The van der Waals surface area contributed by atoms with E-state index in [4.69, 9.17) is 9.15 Å². The summed E-state index contributed by atoms with van der Waals surface area (Å²) < 4.78 is 11.3. The van der Waals surface area contributed by atoms with E-state index in [1.165, 1.54) is 11.8 Å². The maximum atomic E-state index is 12.9. The molecule has 2 aromatic carbocycles. The molecule has 0 atom stereocenters. The Kier molecular flexibility index (Phi) is 7.03. The molecule has 0 bridgehead atoms. The second kappa shape index (κ2) is 10.1. The number of hydrogen-bond donors (Lipinski definition) is 0. The second-order valence-corrected chi connectivity index (χ2v) is 9.14. The lowest BCUT2D eigenvalue weighted by Gasteiger charge is -2.11. The third-order valence-electron chi connectivity index (χ3n) is 5.09. The van der Waals surface area contributed by atoms with Crippen molar-refractivity contribution in [3.05, 3.63) is 82.5 Å². The summed E-state index contributed by atoms with van der Waals surface area (Å²) in [7, 11) is 0. The largest absolute Gasteiger partial charge is 0.459 e. The second-order valence-electron chi connectivity index (χ2n) is 8.13. The van der Waals surface area contributed by atoms with Gasteiger partial charge in [0.25, 0.3) is 5.91 Å². The van der Waals surface area contributed by atoms with Gasteiger partial charge in [-0.05, 0) is 75.9 Å². The normalized spacial score (nSPS) is 16.1. The number of thioether (sulfide) groups is 1. The lowest BCUT2D eigenvalue weighted by molar-refractivity contribution is -0.122. The molecule has 1 amide bonds. The van der Waals surface area contributed by atoms with Gasteiger partial charge in [-0.15, -0.1) is 0 Å². The molecule has 0 radical (unpaired) electrons.